The Labute approximate surface area is 211 Å². The van der Waals surface area contributed by atoms with Crippen molar-refractivity contribution in [1.82, 2.24) is 10.2 Å². The van der Waals surface area contributed by atoms with Crippen molar-refractivity contribution in [3.63, 3.8) is 0 Å². The Bertz CT molecular complexity index is 1360. The van der Waals surface area contributed by atoms with Gasteiger partial charge < -0.3 is 20.4 Å². The van der Waals surface area contributed by atoms with Crippen LogP contribution >= 0.6 is 0 Å². The van der Waals surface area contributed by atoms with Crippen molar-refractivity contribution in [2.45, 2.75) is 32.6 Å². The van der Waals surface area contributed by atoms with E-state index in [4.69, 9.17) is 0 Å². The molecule has 36 heavy (non-hydrogen) atoms. The van der Waals surface area contributed by atoms with Gasteiger partial charge in [-0.25, -0.2) is 9.59 Å². The largest absolute Gasteiger partial charge is 0.478 e. The van der Waals surface area contributed by atoms with E-state index in [9.17, 15) is 19.8 Å². The fourth-order valence-electron chi connectivity index (χ4n) is 5.72. The van der Waals surface area contributed by atoms with Crippen molar-refractivity contribution in [2.75, 3.05) is 20.1 Å². The van der Waals surface area contributed by atoms with Gasteiger partial charge in [-0.05, 0) is 73.2 Å². The number of nitrogens with one attached hydrogen (secondary N) is 1. The van der Waals surface area contributed by atoms with Gasteiger partial charge in [0.2, 0.25) is 0 Å². The summed E-state index contributed by atoms with van der Waals surface area (Å²) in [6.45, 7) is 5.34. The lowest BCUT2D eigenvalue weighted by molar-refractivity contribution is -0.133. The summed E-state index contributed by atoms with van der Waals surface area (Å²) < 4.78 is 0. The molecule has 1 fully saturated rings. The fraction of sp³-hybridized carbons (Fsp3) is 0.267. The third-order valence-corrected chi connectivity index (χ3v) is 7.52. The number of carboxylic acid groups (broad SMARTS) is 2. The predicted octanol–water partition coefficient (Wildman–Crippen LogP) is 5.10. The number of allylic oxidation sites excluding steroid dienone is 2. The molecule has 2 aliphatic heterocycles. The van der Waals surface area contributed by atoms with Gasteiger partial charge in [-0.3, -0.25) is 0 Å². The van der Waals surface area contributed by atoms with Gasteiger partial charge in [-0.2, -0.15) is 0 Å². The molecule has 3 N–H and O–H groups in total. The Kier molecular flexibility index (Phi) is 6.14. The normalized spacial score (nSPS) is 18.5. The van der Waals surface area contributed by atoms with Crippen LogP contribution in [0.3, 0.4) is 0 Å². The van der Waals surface area contributed by atoms with Gasteiger partial charge in [0, 0.05) is 24.5 Å². The molecule has 2 heterocycles. The summed E-state index contributed by atoms with van der Waals surface area (Å²) in [5.74, 6) is -3.12. The number of hydrogen-bond acceptors (Lipinski definition) is 4. The molecule has 0 aromatic heterocycles. The molecule has 1 saturated heterocycles. The molecule has 0 bridgehead atoms. The van der Waals surface area contributed by atoms with Crippen LogP contribution in [0.4, 0.5) is 0 Å². The summed E-state index contributed by atoms with van der Waals surface area (Å²) in [4.78, 5) is 27.0. The zero-order valence-electron chi connectivity index (χ0n) is 20.8. The van der Waals surface area contributed by atoms with Crippen LogP contribution in [-0.2, 0) is 9.59 Å². The lowest BCUT2D eigenvalue weighted by atomic mass is 9.78. The Balaban J connectivity index is 1.76. The molecule has 0 saturated carbocycles. The van der Waals surface area contributed by atoms with Crippen molar-refractivity contribution in [2.24, 2.45) is 0 Å². The number of benzene rings is 2. The second kappa shape index (κ2) is 9.28. The molecular weight excluding hydrogens is 452 g/mol. The van der Waals surface area contributed by atoms with Crippen molar-refractivity contribution >= 4 is 29.7 Å². The number of piperidine rings is 1. The molecule has 6 nitrogen and oxygen atoms in total. The number of dihydropyridines is 1. The van der Waals surface area contributed by atoms with Gasteiger partial charge in [-0.1, -0.05) is 54.1 Å². The van der Waals surface area contributed by atoms with Crippen LogP contribution in [-0.4, -0.2) is 47.2 Å². The Morgan fingerprint density at radius 2 is 1.44 bits per heavy atom. The van der Waals surface area contributed by atoms with Crippen molar-refractivity contribution in [3.8, 4) is 0 Å². The average molecular weight is 483 g/mol. The van der Waals surface area contributed by atoms with Gasteiger partial charge in [0.05, 0.1) is 17.1 Å². The van der Waals surface area contributed by atoms with E-state index in [-0.39, 0.29) is 11.1 Å². The van der Waals surface area contributed by atoms with E-state index in [1.807, 2.05) is 30.3 Å². The number of likely N-dealkylation sites (tertiary alicyclic amines) is 1. The number of carboxylic acids is 2. The maximum atomic E-state index is 12.3. The highest BCUT2D eigenvalue weighted by Gasteiger charge is 2.37. The van der Waals surface area contributed by atoms with Gasteiger partial charge in [-0.15, -0.1) is 0 Å². The van der Waals surface area contributed by atoms with Crippen molar-refractivity contribution < 1.29 is 19.8 Å². The Morgan fingerprint density at radius 3 is 2.06 bits per heavy atom. The first-order chi connectivity index (χ1) is 17.3. The van der Waals surface area contributed by atoms with Crippen molar-refractivity contribution in [1.29, 1.82) is 0 Å². The predicted molar refractivity (Wildman–Crippen MR) is 141 cm³/mol. The maximum Gasteiger partial charge on any atom is 0.334 e. The van der Waals surface area contributed by atoms with Gasteiger partial charge in [0.15, 0.2) is 0 Å². The first kappa shape index (κ1) is 23.8. The smallest absolute Gasteiger partial charge is 0.334 e. The first-order valence-electron chi connectivity index (χ1n) is 12.2. The van der Waals surface area contributed by atoms with Crippen LogP contribution in [0.2, 0.25) is 0 Å². The highest BCUT2D eigenvalue weighted by Crippen LogP contribution is 2.43. The molecule has 1 aliphatic carbocycles. The van der Waals surface area contributed by atoms with Gasteiger partial charge in [0.1, 0.15) is 0 Å². The Morgan fingerprint density at radius 1 is 0.861 bits per heavy atom. The second-order valence-electron chi connectivity index (χ2n) is 9.79. The van der Waals surface area contributed by atoms with E-state index in [2.05, 4.69) is 41.5 Å². The average Bonchev–Trinajstić information content (AvgIpc) is 3.00. The highest BCUT2D eigenvalue weighted by atomic mass is 16.4. The minimum atomic E-state index is -1.12. The summed E-state index contributed by atoms with van der Waals surface area (Å²) in [5.41, 5.74) is 8.65. The third-order valence-electron chi connectivity index (χ3n) is 7.52. The standard InChI is InChI=1S/C30H30N2O4/c1-17-25(29(33)34)28(26(30(35)36)18(2)31-17)22-11-10-20-9-8-19-6-4-5-7-23(19)27(24(20)16-22)21-12-14-32(3)15-13-21/h4-11,16,28,31H,12-15H2,1-3H3,(H,33,34)(H,35,36). The minimum Gasteiger partial charge on any atom is -0.478 e. The van der Waals surface area contributed by atoms with E-state index in [0.717, 1.165) is 48.2 Å². The van der Waals surface area contributed by atoms with Gasteiger partial charge in [0.25, 0.3) is 0 Å². The molecule has 0 unspecified atom stereocenters. The molecule has 5 rings (SSSR count). The van der Waals surface area contributed by atoms with E-state index in [0.29, 0.717) is 17.0 Å². The molecule has 0 amide bonds. The highest BCUT2D eigenvalue weighted by molar-refractivity contribution is 5.99. The summed E-state index contributed by atoms with van der Waals surface area (Å²) in [6, 6.07) is 14.2. The summed E-state index contributed by atoms with van der Waals surface area (Å²) in [7, 11) is 2.14. The topological polar surface area (TPSA) is 89.9 Å². The number of fused-ring (bicyclic) bond motifs is 2. The quantitative estimate of drug-likeness (QED) is 0.481. The second-order valence-corrected chi connectivity index (χ2v) is 9.79. The van der Waals surface area contributed by atoms with Crippen LogP contribution in [0, 0.1) is 0 Å². The zero-order chi connectivity index (χ0) is 25.6. The van der Waals surface area contributed by atoms with E-state index < -0.39 is 17.9 Å². The van der Waals surface area contributed by atoms with Crippen LogP contribution in [0.25, 0.3) is 17.7 Å². The van der Waals surface area contributed by atoms with E-state index in [1.54, 1.807) is 13.8 Å². The van der Waals surface area contributed by atoms with Crippen molar-refractivity contribution in [3.05, 3.63) is 98.4 Å². The lowest BCUT2D eigenvalue weighted by Gasteiger charge is -2.30. The fourth-order valence-corrected chi connectivity index (χ4v) is 5.72. The number of carbonyl (C=O) groups is 2. The number of hydrogen-bond donors (Lipinski definition) is 3. The summed E-state index contributed by atoms with van der Waals surface area (Å²) >= 11 is 0. The molecule has 0 radical (unpaired) electrons. The SMILES string of the molecule is CC1=C(C(=O)O)C(c2ccc3c(c2)C(=C2CCN(C)CC2)c2ccccc2C=C3)C(C(=O)O)=C(C)N1. The summed E-state index contributed by atoms with van der Waals surface area (Å²) in [5, 5.41) is 23.1. The summed E-state index contributed by atoms with van der Waals surface area (Å²) in [6.07, 6.45) is 6.13. The molecule has 0 spiro atoms. The van der Waals surface area contributed by atoms with Gasteiger partial charge >= 0.3 is 11.9 Å². The van der Waals surface area contributed by atoms with Crippen LogP contribution in [0.1, 0.15) is 60.4 Å². The third kappa shape index (κ3) is 4.07. The number of nitrogens with zero attached hydrogens (tertiary/aromatic N) is 1. The molecule has 184 valence electrons. The van der Waals surface area contributed by atoms with E-state index in [1.165, 1.54) is 11.1 Å². The first-order valence-corrected chi connectivity index (χ1v) is 12.2. The number of aliphatic carboxylic acids is 2. The Hall–Kier alpha value is -3.90. The maximum absolute atomic E-state index is 12.3. The lowest BCUT2D eigenvalue weighted by Crippen LogP contribution is -2.31. The molecule has 2 aromatic carbocycles. The molecule has 0 atom stereocenters. The van der Waals surface area contributed by atoms with Crippen LogP contribution in [0.15, 0.2) is 70.6 Å². The molecular formula is C30H30N2O4. The number of rotatable bonds is 3. The minimum absolute atomic E-state index is 0.0657. The zero-order valence-corrected chi connectivity index (χ0v) is 20.8. The molecule has 6 heteroatoms. The van der Waals surface area contributed by atoms with Crippen LogP contribution in [0.5, 0.6) is 0 Å². The van der Waals surface area contributed by atoms with Crippen LogP contribution < -0.4 is 5.32 Å². The molecule has 2 aromatic rings. The van der Waals surface area contributed by atoms with E-state index >= 15 is 0 Å². The monoisotopic (exact) mass is 482 g/mol. The molecule has 3 aliphatic rings.